The van der Waals surface area contributed by atoms with Gasteiger partial charge in [0.2, 0.25) is 0 Å². The molecule has 0 saturated heterocycles. The fraction of sp³-hybridized carbons (Fsp3) is 0.647. The number of rotatable bonds is 13. The molecular weight excluding hydrogens is 316 g/mol. The molecule has 0 spiro atoms. The van der Waals surface area contributed by atoms with Crippen LogP contribution in [0, 0.1) is 0 Å². The molecule has 132 valence electrons. The highest BCUT2D eigenvalue weighted by atomic mass is 32.3. The molecule has 0 saturated carbocycles. The van der Waals surface area contributed by atoms with Crippen LogP contribution in [0.4, 0.5) is 0 Å². The average molecular weight is 344 g/mol. The third-order valence-corrected chi connectivity index (χ3v) is 4.06. The Hall–Kier alpha value is -1.11. The molecule has 0 radical (unpaired) electrons. The summed E-state index contributed by atoms with van der Waals surface area (Å²) < 4.78 is 39.2. The maximum absolute atomic E-state index is 10.5. The molecule has 0 aromatic heterocycles. The smallest absolute Gasteiger partial charge is 0.397 e. The molecule has 0 bridgehead atoms. The molecule has 0 unspecified atom stereocenters. The van der Waals surface area contributed by atoms with Crippen molar-refractivity contribution in [3.8, 4) is 5.75 Å². The Bertz CT molecular complexity index is 528. The fourth-order valence-electron chi connectivity index (χ4n) is 2.41. The van der Waals surface area contributed by atoms with Gasteiger partial charge in [-0.1, -0.05) is 63.6 Å². The van der Waals surface area contributed by atoms with Crippen molar-refractivity contribution in [2.75, 3.05) is 13.2 Å². The summed E-state index contributed by atoms with van der Waals surface area (Å²) in [6.45, 7) is 2.09. The molecule has 1 aromatic carbocycles. The number of ether oxygens (including phenoxy) is 1. The number of benzene rings is 1. The van der Waals surface area contributed by atoms with Crippen molar-refractivity contribution in [2.45, 2.75) is 58.3 Å². The van der Waals surface area contributed by atoms with Gasteiger partial charge in [0, 0.05) is 0 Å². The molecule has 5 nitrogen and oxygen atoms in total. The number of para-hydroxylation sites is 1. The van der Waals surface area contributed by atoms with E-state index >= 15 is 0 Å². The van der Waals surface area contributed by atoms with E-state index in [4.69, 9.17) is 9.29 Å². The highest BCUT2D eigenvalue weighted by Gasteiger charge is 2.06. The Kier molecular flexibility index (Phi) is 9.91. The summed E-state index contributed by atoms with van der Waals surface area (Å²) in [5.41, 5.74) is 1.12. The molecule has 0 aliphatic carbocycles. The molecule has 23 heavy (non-hydrogen) atoms. The van der Waals surface area contributed by atoms with E-state index in [0.29, 0.717) is 0 Å². The van der Waals surface area contributed by atoms with Gasteiger partial charge >= 0.3 is 10.4 Å². The van der Waals surface area contributed by atoms with Crippen LogP contribution in [0.15, 0.2) is 24.3 Å². The second kappa shape index (κ2) is 11.4. The first-order valence-corrected chi connectivity index (χ1v) is 9.72. The van der Waals surface area contributed by atoms with Crippen LogP contribution in [0.5, 0.6) is 5.75 Å². The van der Waals surface area contributed by atoms with Crippen molar-refractivity contribution < 1.29 is 21.9 Å². The van der Waals surface area contributed by atoms with Crippen LogP contribution >= 0.6 is 0 Å². The van der Waals surface area contributed by atoms with Gasteiger partial charge in [0.25, 0.3) is 0 Å². The van der Waals surface area contributed by atoms with Gasteiger partial charge in [-0.2, -0.15) is 8.42 Å². The maximum atomic E-state index is 10.5. The summed E-state index contributed by atoms with van der Waals surface area (Å²) in [5.74, 6) is 0.748. The van der Waals surface area contributed by atoms with Crippen molar-refractivity contribution >= 4 is 10.4 Å². The zero-order chi connectivity index (χ0) is 17.0. The van der Waals surface area contributed by atoms with Crippen LogP contribution in [0.2, 0.25) is 0 Å². The number of aryl methyl sites for hydroxylation is 1. The third kappa shape index (κ3) is 10.3. The van der Waals surface area contributed by atoms with E-state index in [-0.39, 0.29) is 13.2 Å². The topological polar surface area (TPSA) is 72.8 Å². The molecule has 0 aliphatic heterocycles. The molecule has 1 N–H and O–H groups in total. The normalized spacial score (nSPS) is 11.6. The minimum atomic E-state index is -4.40. The number of hydrogen-bond donors (Lipinski definition) is 1. The fourth-order valence-corrected chi connectivity index (χ4v) is 2.69. The molecule has 0 heterocycles. The first-order chi connectivity index (χ1) is 11.0. The van der Waals surface area contributed by atoms with Crippen molar-refractivity contribution in [1.29, 1.82) is 0 Å². The predicted octanol–water partition coefficient (Wildman–Crippen LogP) is 4.18. The van der Waals surface area contributed by atoms with Gasteiger partial charge in [-0.15, -0.1) is 0 Å². The van der Waals surface area contributed by atoms with Gasteiger partial charge in [-0.3, -0.25) is 4.55 Å². The number of unbranched alkanes of at least 4 members (excludes halogenated alkanes) is 6. The molecule has 0 aliphatic rings. The van der Waals surface area contributed by atoms with E-state index in [9.17, 15) is 8.42 Å². The molecule has 1 rings (SSSR count). The van der Waals surface area contributed by atoms with Gasteiger partial charge < -0.3 is 4.74 Å². The number of hydrogen-bond acceptors (Lipinski definition) is 4. The molecule has 6 heteroatoms. The van der Waals surface area contributed by atoms with E-state index in [2.05, 4.69) is 11.1 Å². The Morgan fingerprint density at radius 3 is 2.30 bits per heavy atom. The summed E-state index contributed by atoms with van der Waals surface area (Å²) in [4.78, 5) is 0. The maximum Gasteiger partial charge on any atom is 0.397 e. The Labute approximate surface area is 140 Å². The van der Waals surface area contributed by atoms with E-state index in [1.165, 1.54) is 38.5 Å². The largest absolute Gasteiger partial charge is 0.491 e. The van der Waals surface area contributed by atoms with Crippen molar-refractivity contribution in [3.05, 3.63) is 29.8 Å². The van der Waals surface area contributed by atoms with E-state index in [0.717, 1.165) is 24.2 Å². The van der Waals surface area contributed by atoms with E-state index in [1.807, 2.05) is 24.3 Å². The van der Waals surface area contributed by atoms with Crippen LogP contribution in [-0.4, -0.2) is 26.2 Å². The zero-order valence-corrected chi connectivity index (χ0v) is 14.7. The SMILES string of the molecule is CCCCCCCCCc1ccccc1OCCOS(=O)(=O)O. The monoisotopic (exact) mass is 344 g/mol. The molecule has 0 fully saturated rings. The van der Waals surface area contributed by atoms with Crippen LogP contribution in [0.3, 0.4) is 0 Å². The van der Waals surface area contributed by atoms with Gasteiger partial charge in [-0.25, -0.2) is 4.18 Å². The lowest BCUT2D eigenvalue weighted by atomic mass is 10.0. The third-order valence-electron chi connectivity index (χ3n) is 3.60. The van der Waals surface area contributed by atoms with E-state index < -0.39 is 10.4 Å². The minimum absolute atomic E-state index is 0.0772. The summed E-state index contributed by atoms with van der Waals surface area (Å²) >= 11 is 0. The second-order valence-electron chi connectivity index (χ2n) is 5.58. The second-order valence-corrected chi connectivity index (χ2v) is 6.67. The first kappa shape index (κ1) is 19.9. The first-order valence-electron chi connectivity index (χ1n) is 8.35. The lowest BCUT2D eigenvalue weighted by Gasteiger charge is -2.11. The molecule has 0 amide bonds. The highest BCUT2D eigenvalue weighted by molar-refractivity contribution is 7.80. The van der Waals surface area contributed by atoms with Crippen LogP contribution in [0.1, 0.15) is 57.4 Å². The van der Waals surface area contributed by atoms with Gasteiger partial charge in [-0.05, 0) is 24.5 Å². The van der Waals surface area contributed by atoms with Crippen molar-refractivity contribution in [1.82, 2.24) is 0 Å². The van der Waals surface area contributed by atoms with Crippen LogP contribution < -0.4 is 4.74 Å². The van der Waals surface area contributed by atoms with Crippen molar-refractivity contribution in [3.63, 3.8) is 0 Å². The lowest BCUT2D eigenvalue weighted by molar-refractivity contribution is 0.201. The standard InChI is InChI=1S/C17H28O5S/c1-2-3-4-5-6-7-8-11-16-12-9-10-13-17(16)21-14-15-22-23(18,19)20/h9-10,12-13H,2-8,11,14-15H2,1H3,(H,18,19,20). The van der Waals surface area contributed by atoms with E-state index in [1.54, 1.807) is 0 Å². The van der Waals surface area contributed by atoms with Crippen molar-refractivity contribution in [2.24, 2.45) is 0 Å². The summed E-state index contributed by atoms with van der Waals surface area (Å²) in [7, 11) is -4.40. The highest BCUT2D eigenvalue weighted by Crippen LogP contribution is 2.21. The lowest BCUT2D eigenvalue weighted by Crippen LogP contribution is -2.12. The Balaban J connectivity index is 2.27. The summed E-state index contributed by atoms with van der Waals surface area (Å²) in [5, 5.41) is 0. The average Bonchev–Trinajstić information content (AvgIpc) is 2.51. The molecule has 0 atom stereocenters. The quantitative estimate of drug-likeness (QED) is 0.429. The minimum Gasteiger partial charge on any atom is -0.491 e. The molecule has 1 aromatic rings. The molecular formula is C17H28O5S. The Morgan fingerprint density at radius 2 is 1.61 bits per heavy atom. The van der Waals surface area contributed by atoms with Gasteiger partial charge in [0.1, 0.15) is 19.0 Å². The van der Waals surface area contributed by atoms with Gasteiger partial charge in [0.15, 0.2) is 0 Å². The van der Waals surface area contributed by atoms with Crippen LogP contribution in [0.25, 0.3) is 0 Å². The Morgan fingerprint density at radius 1 is 0.957 bits per heavy atom. The van der Waals surface area contributed by atoms with Crippen LogP contribution in [-0.2, 0) is 21.0 Å². The van der Waals surface area contributed by atoms with Gasteiger partial charge in [0.05, 0.1) is 0 Å². The zero-order valence-electron chi connectivity index (χ0n) is 13.9. The summed E-state index contributed by atoms with van der Waals surface area (Å²) in [6, 6.07) is 7.74. The summed E-state index contributed by atoms with van der Waals surface area (Å²) in [6.07, 6.45) is 9.77. The predicted molar refractivity (Wildman–Crippen MR) is 91.1 cm³/mol.